The minimum absolute atomic E-state index is 0.000362. The van der Waals surface area contributed by atoms with Crippen molar-refractivity contribution in [2.24, 2.45) is 0 Å². The van der Waals surface area contributed by atoms with Crippen LogP contribution in [-0.2, 0) is 25.9 Å². The van der Waals surface area contributed by atoms with Gasteiger partial charge >= 0.3 is 5.97 Å². The highest BCUT2D eigenvalue weighted by molar-refractivity contribution is 7.89. The highest BCUT2D eigenvalue weighted by Gasteiger charge is 2.27. The second-order valence-corrected chi connectivity index (χ2v) is 8.64. The monoisotopic (exact) mass is 443 g/mol. The Morgan fingerprint density at radius 3 is 2.61 bits per heavy atom. The number of esters is 1. The fourth-order valence-corrected chi connectivity index (χ4v) is 4.56. The molecule has 0 spiro atoms. The van der Waals surface area contributed by atoms with Crippen LogP contribution in [-0.4, -0.2) is 58.0 Å². The number of nitriles is 1. The molecule has 1 aliphatic rings. The Morgan fingerprint density at radius 2 is 1.94 bits per heavy atom. The van der Waals surface area contributed by atoms with E-state index in [-0.39, 0.29) is 41.2 Å². The molecule has 1 N–H and O–H groups in total. The molecule has 10 heteroatoms. The SMILES string of the molecule is COC(=O)c1cc(CC#N)ccc1NC(=O)c1cccc(S(=O)(=O)N2CCOCC2)c1. The number of benzene rings is 2. The third-order valence-corrected chi connectivity index (χ3v) is 6.62. The standard InChI is InChI=1S/C21H21N3O6S/c1-29-21(26)18-13-15(7-8-22)5-6-19(18)23-20(25)16-3-2-4-17(14-16)31(27,28)24-9-11-30-12-10-24/h2-6,13-14H,7,9-12H2,1H3,(H,23,25). The molecule has 9 nitrogen and oxygen atoms in total. The Kier molecular flexibility index (Phi) is 7.02. The molecule has 0 atom stereocenters. The number of carbonyl (C=O) groups is 2. The quantitative estimate of drug-likeness (QED) is 0.675. The third kappa shape index (κ3) is 5.08. The van der Waals surface area contributed by atoms with Crippen molar-refractivity contribution < 1.29 is 27.5 Å². The summed E-state index contributed by atoms with van der Waals surface area (Å²) in [7, 11) is -2.55. The van der Waals surface area contributed by atoms with Crippen LogP contribution >= 0.6 is 0 Å². The molecule has 31 heavy (non-hydrogen) atoms. The fraction of sp³-hybridized carbons (Fsp3) is 0.286. The van der Waals surface area contributed by atoms with Crippen molar-refractivity contribution in [2.45, 2.75) is 11.3 Å². The summed E-state index contributed by atoms with van der Waals surface area (Å²) in [4.78, 5) is 24.9. The van der Waals surface area contributed by atoms with Gasteiger partial charge in [-0.3, -0.25) is 4.79 Å². The molecular formula is C21H21N3O6S. The van der Waals surface area contributed by atoms with Crippen LogP contribution in [0.15, 0.2) is 47.4 Å². The molecule has 1 amide bonds. The molecule has 0 aromatic heterocycles. The summed E-state index contributed by atoms with van der Waals surface area (Å²) in [6.45, 7) is 1.13. The number of morpholine rings is 1. The fourth-order valence-electron chi connectivity index (χ4n) is 3.11. The van der Waals surface area contributed by atoms with Gasteiger partial charge in [0.25, 0.3) is 5.91 Å². The van der Waals surface area contributed by atoms with Crippen LogP contribution in [0.1, 0.15) is 26.3 Å². The maximum Gasteiger partial charge on any atom is 0.339 e. The summed E-state index contributed by atoms with van der Waals surface area (Å²) in [6, 6.07) is 12.3. The van der Waals surface area contributed by atoms with E-state index in [1.807, 2.05) is 6.07 Å². The molecule has 0 saturated carbocycles. The summed E-state index contributed by atoms with van der Waals surface area (Å²) in [5.41, 5.74) is 1.01. The van der Waals surface area contributed by atoms with E-state index in [1.54, 1.807) is 6.07 Å². The van der Waals surface area contributed by atoms with Crippen molar-refractivity contribution in [3.63, 3.8) is 0 Å². The molecule has 0 unspecified atom stereocenters. The van der Waals surface area contributed by atoms with Gasteiger partial charge < -0.3 is 14.8 Å². The Hall–Kier alpha value is -3.26. The second kappa shape index (κ2) is 9.70. The average molecular weight is 443 g/mol. The minimum atomic E-state index is -3.76. The van der Waals surface area contributed by atoms with Crippen molar-refractivity contribution in [3.05, 3.63) is 59.2 Å². The number of anilines is 1. The lowest BCUT2D eigenvalue weighted by molar-refractivity contribution is 0.0602. The van der Waals surface area contributed by atoms with E-state index < -0.39 is 21.9 Å². The summed E-state index contributed by atoms with van der Waals surface area (Å²) in [5, 5.41) is 11.5. The van der Waals surface area contributed by atoms with Crippen LogP contribution < -0.4 is 5.32 Å². The van der Waals surface area contributed by atoms with Crippen LogP contribution in [0.3, 0.4) is 0 Å². The van der Waals surface area contributed by atoms with E-state index in [4.69, 9.17) is 14.7 Å². The van der Waals surface area contributed by atoms with E-state index in [2.05, 4.69) is 5.32 Å². The number of carbonyl (C=O) groups excluding carboxylic acids is 2. The summed E-state index contributed by atoms with van der Waals surface area (Å²) >= 11 is 0. The van der Waals surface area contributed by atoms with Crippen molar-refractivity contribution >= 4 is 27.6 Å². The minimum Gasteiger partial charge on any atom is -0.465 e. The molecule has 0 bridgehead atoms. The molecular weight excluding hydrogens is 422 g/mol. The number of rotatable bonds is 6. The number of sulfonamides is 1. The smallest absolute Gasteiger partial charge is 0.339 e. The van der Waals surface area contributed by atoms with Crippen LogP contribution in [0.5, 0.6) is 0 Å². The lowest BCUT2D eigenvalue weighted by Crippen LogP contribution is -2.40. The molecule has 0 radical (unpaired) electrons. The van der Waals surface area contributed by atoms with Crippen LogP contribution in [0, 0.1) is 11.3 Å². The van der Waals surface area contributed by atoms with E-state index in [1.165, 1.54) is 47.8 Å². The van der Waals surface area contributed by atoms with E-state index in [0.29, 0.717) is 18.8 Å². The Bertz CT molecular complexity index is 1130. The largest absolute Gasteiger partial charge is 0.465 e. The van der Waals surface area contributed by atoms with Crippen LogP contribution in [0.2, 0.25) is 0 Å². The van der Waals surface area contributed by atoms with Gasteiger partial charge in [0, 0.05) is 18.7 Å². The maximum atomic E-state index is 12.9. The normalized spacial score (nSPS) is 14.5. The highest BCUT2D eigenvalue weighted by atomic mass is 32.2. The van der Waals surface area contributed by atoms with Crippen LogP contribution in [0.25, 0.3) is 0 Å². The molecule has 1 heterocycles. The maximum absolute atomic E-state index is 12.9. The number of nitrogens with zero attached hydrogens (tertiary/aromatic N) is 2. The lowest BCUT2D eigenvalue weighted by atomic mass is 10.1. The zero-order valence-electron chi connectivity index (χ0n) is 16.8. The lowest BCUT2D eigenvalue weighted by Gasteiger charge is -2.26. The zero-order chi connectivity index (χ0) is 22.4. The van der Waals surface area contributed by atoms with Crippen molar-refractivity contribution in [2.75, 3.05) is 38.7 Å². The van der Waals surface area contributed by atoms with E-state index in [0.717, 1.165) is 0 Å². The molecule has 0 aliphatic carbocycles. The molecule has 3 rings (SSSR count). The molecule has 162 valence electrons. The predicted molar refractivity (Wildman–Crippen MR) is 111 cm³/mol. The van der Waals surface area contributed by atoms with Gasteiger partial charge in [-0.15, -0.1) is 0 Å². The third-order valence-electron chi connectivity index (χ3n) is 4.72. The Balaban J connectivity index is 1.87. The van der Waals surface area contributed by atoms with E-state index >= 15 is 0 Å². The van der Waals surface area contributed by atoms with Gasteiger partial charge in [0.15, 0.2) is 0 Å². The summed E-state index contributed by atoms with van der Waals surface area (Å²) in [6.07, 6.45) is 0.0969. The van der Waals surface area contributed by atoms with Gasteiger partial charge in [-0.25, -0.2) is 13.2 Å². The highest BCUT2D eigenvalue weighted by Crippen LogP contribution is 2.22. The van der Waals surface area contributed by atoms with Crippen molar-refractivity contribution in [1.82, 2.24) is 4.31 Å². The topological polar surface area (TPSA) is 126 Å². The summed E-state index contributed by atoms with van der Waals surface area (Å²) < 4.78 is 37.0. The number of methoxy groups -OCH3 is 1. The number of amides is 1. The number of hydrogen-bond donors (Lipinski definition) is 1. The van der Waals surface area contributed by atoms with Gasteiger partial charge in [0.1, 0.15) is 0 Å². The number of ether oxygens (including phenoxy) is 2. The number of hydrogen-bond acceptors (Lipinski definition) is 7. The van der Waals surface area contributed by atoms with Gasteiger partial charge in [-0.2, -0.15) is 9.57 Å². The number of nitrogens with one attached hydrogen (secondary N) is 1. The molecule has 2 aromatic carbocycles. The first kappa shape index (κ1) is 22.4. The molecule has 1 saturated heterocycles. The first-order valence-electron chi connectivity index (χ1n) is 9.44. The van der Waals surface area contributed by atoms with Gasteiger partial charge in [0.05, 0.1) is 49.0 Å². The van der Waals surface area contributed by atoms with Gasteiger partial charge in [-0.05, 0) is 35.9 Å². The Morgan fingerprint density at radius 1 is 1.19 bits per heavy atom. The molecule has 2 aromatic rings. The van der Waals surface area contributed by atoms with Crippen LogP contribution in [0.4, 0.5) is 5.69 Å². The second-order valence-electron chi connectivity index (χ2n) is 6.70. The Labute approximate surface area is 180 Å². The van der Waals surface area contributed by atoms with Crippen molar-refractivity contribution in [3.8, 4) is 6.07 Å². The van der Waals surface area contributed by atoms with E-state index in [9.17, 15) is 18.0 Å². The van der Waals surface area contributed by atoms with Gasteiger partial charge in [-0.1, -0.05) is 12.1 Å². The first-order chi connectivity index (χ1) is 14.9. The molecule has 1 fully saturated rings. The predicted octanol–water partition coefficient (Wildman–Crippen LogP) is 1.81. The first-order valence-corrected chi connectivity index (χ1v) is 10.9. The van der Waals surface area contributed by atoms with Crippen molar-refractivity contribution in [1.29, 1.82) is 5.26 Å². The average Bonchev–Trinajstić information content (AvgIpc) is 2.80. The van der Waals surface area contributed by atoms with Gasteiger partial charge in [0.2, 0.25) is 10.0 Å². The summed E-state index contributed by atoms with van der Waals surface area (Å²) in [5.74, 6) is -1.25. The molecule has 1 aliphatic heterocycles. The zero-order valence-corrected chi connectivity index (χ0v) is 17.6.